The van der Waals surface area contributed by atoms with Crippen molar-refractivity contribution in [1.29, 1.82) is 0 Å². The summed E-state index contributed by atoms with van der Waals surface area (Å²) in [5, 5.41) is 0. The van der Waals surface area contributed by atoms with Crippen LogP contribution in [-0.2, 0) is 4.79 Å². The van der Waals surface area contributed by atoms with Crippen LogP contribution in [0.5, 0.6) is 23.0 Å². The fraction of sp³-hybridized carbons (Fsp3) is 0.158. The molecule has 0 bridgehead atoms. The Bertz CT molecular complexity index is 903. The Morgan fingerprint density at radius 1 is 1.12 bits per heavy atom. The lowest BCUT2D eigenvalue weighted by atomic mass is 10.1. The van der Waals surface area contributed by atoms with Crippen LogP contribution >= 0.6 is 0 Å². The van der Waals surface area contributed by atoms with E-state index in [1.807, 2.05) is 0 Å². The first-order valence-electron chi connectivity index (χ1n) is 7.73. The van der Waals surface area contributed by atoms with Gasteiger partial charge in [0.25, 0.3) is 5.91 Å². The van der Waals surface area contributed by atoms with Crippen LogP contribution in [0.2, 0.25) is 0 Å². The lowest BCUT2D eigenvalue weighted by molar-refractivity contribution is -0.119. The lowest BCUT2D eigenvalue weighted by Gasteiger charge is -2.08. The quantitative estimate of drug-likeness (QED) is 0.798. The van der Waals surface area contributed by atoms with Crippen LogP contribution in [-0.4, -0.2) is 32.5 Å². The number of Topliss-reactive ketones (excluding diaryl/α,β-unsaturated/α-hetero) is 1. The molecule has 1 aliphatic heterocycles. The Balaban J connectivity index is 1.87. The maximum absolute atomic E-state index is 12.5. The van der Waals surface area contributed by atoms with E-state index in [0.29, 0.717) is 34.1 Å². The number of amides is 1. The lowest BCUT2D eigenvalue weighted by Crippen LogP contribution is -2.19. The Morgan fingerprint density at radius 2 is 1.88 bits per heavy atom. The number of methoxy groups -OCH3 is 2. The second-order valence-corrected chi connectivity index (χ2v) is 5.46. The molecule has 0 aromatic heterocycles. The molecule has 0 radical (unpaired) electrons. The van der Waals surface area contributed by atoms with Gasteiger partial charge in [-0.2, -0.15) is 0 Å². The fourth-order valence-electron chi connectivity index (χ4n) is 2.49. The smallest absolute Gasteiger partial charge is 0.255 e. The monoisotopic (exact) mass is 355 g/mol. The number of hydrogen-bond donors (Lipinski definition) is 1. The molecule has 0 unspecified atom stereocenters. The normalized spacial score (nSPS) is 13.9. The van der Waals surface area contributed by atoms with Gasteiger partial charge in [-0.3, -0.25) is 9.59 Å². The van der Waals surface area contributed by atoms with E-state index in [1.54, 1.807) is 49.6 Å². The molecule has 1 amide bonds. The largest absolute Gasteiger partial charge is 0.497 e. The van der Waals surface area contributed by atoms with Crippen LogP contribution in [0.15, 0.2) is 42.2 Å². The van der Waals surface area contributed by atoms with E-state index in [0.717, 1.165) is 0 Å². The van der Waals surface area contributed by atoms with Gasteiger partial charge in [-0.05, 0) is 30.3 Å². The maximum Gasteiger partial charge on any atom is 0.255 e. The summed E-state index contributed by atoms with van der Waals surface area (Å²) in [6.07, 6.45) is 1.60. The zero-order chi connectivity index (χ0) is 18.7. The molecule has 1 aliphatic rings. The molecular weight excluding hydrogens is 338 g/mol. The second-order valence-electron chi connectivity index (χ2n) is 5.46. The molecule has 0 atom stereocenters. The molecule has 7 heteroatoms. The molecule has 0 saturated heterocycles. The van der Waals surface area contributed by atoms with Crippen molar-refractivity contribution in [1.82, 2.24) is 0 Å². The van der Waals surface area contributed by atoms with Crippen LogP contribution in [0, 0.1) is 0 Å². The number of ketones is 1. The van der Waals surface area contributed by atoms with Gasteiger partial charge in [0.2, 0.25) is 5.78 Å². The summed E-state index contributed by atoms with van der Waals surface area (Å²) >= 11 is 0. The van der Waals surface area contributed by atoms with Crippen molar-refractivity contribution in [2.45, 2.75) is 0 Å². The average molecular weight is 355 g/mol. The van der Waals surface area contributed by atoms with Crippen LogP contribution in [0.4, 0.5) is 0 Å². The maximum atomic E-state index is 12.5. The summed E-state index contributed by atoms with van der Waals surface area (Å²) in [7, 11) is 3.09. The van der Waals surface area contributed by atoms with Gasteiger partial charge in [0.05, 0.1) is 19.8 Å². The number of benzene rings is 2. The second kappa shape index (κ2) is 7.18. The van der Waals surface area contributed by atoms with Gasteiger partial charge in [0.15, 0.2) is 12.4 Å². The van der Waals surface area contributed by atoms with Crippen LogP contribution < -0.4 is 24.7 Å². The van der Waals surface area contributed by atoms with Crippen molar-refractivity contribution in [3.63, 3.8) is 0 Å². The van der Waals surface area contributed by atoms with Crippen LogP contribution in [0.3, 0.4) is 0 Å². The predicted octanol–water partition coefficient (Wildman–Crippen LogP) is 2.18. The van der Waals surface area contributed by atoms with Crippen molar-refractivity contribution < 1.29 is 28.5 Å². The van der Waals surface area contributed by atoms with Crippen LogP contribution in [0.1, 0.15) is 15.9 Å². The number of carbonyl (C=O) groups excluding carboxylic acids is 2. The topological polar surface area (TPSA) is 97.1 Å². The van der Waals surface area contributed by atoms with E-state index in [-0.39, 0.29) is 18.1 Å². The third-order valence-electron chi connectivity index (χ3n) is 3.75. The number of rotatable bonds is 6. The molecule has 3 rings (SSSR count). The first kappa shape index (κ1) is 17.3. The molecule has 2 N–H and O–H groups in total. The summed E-state index contributed by atoms with van der Waals surface area (Å²) in [6.45, 7) is -0.252. The molecular formula is C19H17NO6. The number of ether oxygens (including phenoxy) is 4. The Hall–Kier alpha value is -3.48. The Labute approximate surface area is 149 Å². The zero-order valence-electron chi connectivity index (χ0n) is 14.3. The van der Waals surface area contributed by atoms with Gasteiger partial charge in [0, 0.05) is 17.7 Å². The number of fused-ring (bicyclic) bond motifs is 1. The average Bonchev–Trinajstić information content (AvgIpc) is 2.95. The highest BCUT2D eigenvalue weighted by Crippen LogP contribution is 2.36. The number of hydrogen-bond acceptors (Lipinski definition) is 6. The first-order chi connectivity index (χ1) is 12.5. The van der Waals surface area contributed by atoms with Gasteiger partial charge in [-0.25, -0.2) is 0 Å². The number of carbonyl (C=O) groups is 2. The van der Waals surface area contributed by atoms with Gasteiger partial charge in [-0.15, -0.1) is 0 Å². The number of primary amides is 1. The Kier molecular flexibility index (Phi) is 4.79. The summed E-state index contributed by atoms with van der Waals surface area (Å²) in [5.41, 5.74) is 6.14. The molecule has 0 aliphatic carbocycles. The van der Waals surface area contributed by atoms with E-state index in [1.165, 1.54) is 7.11 Å². The molecule has 0 spiro atoms. The summed E-state index contributed by atoms with van der Waals surface area (Å²) in [5.74, 6) is 1.26. The molecule has 2 aromatic carbocycles. The number of allylic oxidation sites excluding steroid dienone is 1. The first-order valence-corrected chi connectivity index (χ1v) is 7.73. The summed E-state index contributed by atoms with van der Waals surface area (Å²) < 4.78 is 21.4. The van der Waals surface area contributed by atoms with Crippen molar-refractivity contribution in [3.8, 4) is 23.0 Å². The van der Waals surface area contributed by atoms with Gasteiger partial charge < -0.3 is 24.7 Å². The van der Waals surface area contributed by atoms with Gasteiger partial charge in [-0.1, -0.05) is 0 Å². The third kappa shape index (κ3) is 3.46. The SMILES string of the molecule is COc1ccc(C=C2Oc3cc(OCC(N)=O)ccc3C2=O)c(OC)c1. The molecule has 7 nitrogen and oxygen atoms in total. The summed E-state index contributed by atoms with van der Waals surface area (Å²) in [6, 6.07) is 9.96. The van der Waals surface area contributed by atoms with E-state index >= 15 is 0 Å². The fourth-order valence-corrected chi connectivity index (χ4v) is 2.49. The predicted molar refractivity (Wildman–Crippen MR) is 93.6 cm³/mol. The van der Waals surface area contributed by atoms with Gasteiger partial charge >= 0.3 is 0 Å². The molecule has 1 heterocycles. The van der Waals surface area contributed by atoms with E-state index in [2.05, 4.69) is 0 Å². The van der Waals surface area contributed by atoms with E-state index < -0.39 is 5.91 Å². The van der Waals surface area contributed by atoms with Crippen LogP contribution in [0.25, 0.3) is 6.08 Å². The van der Waals surface area contributed by atoms with E-state index in [9.17, 15) is 9.59 Å². The minimum absolute atomic E-state index is 0.163. The van der Waals surface area contributed by atoms with Crippen molar-refractivity contribution in [3.05, 3.63) is 53.3 Å². The van der Waals surface area contributed by atoms with Crippen molar-refractivity contribution >= 4 is 17.8 Å². The Morgan fingerprint density at radius 3 is 2.58 bits per heavy atom. The molecule has 134 valence electrons. The highest BCUT2D eigenvalue weighted by Gasteiger charge is 2.28. The molecule has 2 aromatic rings. The zero-order valence-corrected chi connectivity index (χ0v) is 14.3. The molecule has 26 heavy (non-hydrogen) atoms. The number of nitrogens with two attached hydrogens (primary N) is 1. The minimum atomic E-state index is -0.588. The highest BCUT2D eigenvalue weighted by molar-refractivity contribution is 6.14. The summed E-state index contributed by atoms with van der Waals surface area (Å²) in [4.78, 5) is 23.3. The third-order valence-corrected chi connectivity index (χ3v) is 3.75. The molecule has 0 saturated carbocycles. The van der Waals surface area contributed by atoms with Crippen molar-refractivity contribution in [2.75, 3.05) is 20.8 Å². The molecule has 0 fully saturated rings. The minimum Gasteiger partial charge on any atom is -0.497 e. The standard InChI is InChI=1S/C19H17NO6/c1-23-12-4-3-11(15(8-12)24-2)7-17-19(22)14-6-5-13(9-16(14)26-17)25-10-18(20)21/h3-9H,10H2,1-2H3,(H2,20,21). The highest BCUT2D eigenvalue weighted by atomic mass is 16.5. The van der Waals surface area contributed by atoms with Crippen molar-refractivity contribution in [2.24, 2.45) is 5.73 Å². The van der Waals surface area contributed by atoms with Gasteiger partial charge in [0.1, 0.15) is 23.0 Å². The van der Waals surface area contributed by atoms with E-state index in [4.69, 9.17) is 24.7 Å².